The molecule has 0 saturated carbocycles. The van der Waals surface area contributed by atoms with Crippen LogP contribution in [-0.4, -0.2) is 68.5 Å². The summed E-state index contributed by atoms with van der Waals surface area (Å²) in [4.78, 5) is 14.9. The third-order valence-corrected chi connectivity index (χ3v) is 8.76. The Labute approximate surface area is 167 Å². The van der Waals surface area contributed by atoms with Crippen LogP contribution < -0.4 is 0 Å². The molecule has 2 fully saturated rings. The molecule has 0 aromatic carbocycles. The maximum Gasteiger partial charge on any atom is 0.274 e. The zero-order valence-electron chi connectivity index (χ0n) is 15.3. The first-order valence-corrected chi connectivity index (χ1v) is 12.0. The van der Waals surface area contributed by atoms with Crippen LogP contribution in [0.3, 0.4) is 0 Å². The molecular formula is C18H21N3O5S2. The molecule has 0 N–H and O–H groups in total. The summed E-state index contributed by atoms with van der Waals surface area (Å²) in [5.41, 5.74) is 2.26. The summed E-state index contributed by atoms with van der Waals surface area (Å²) < 4.78 is 38.8. The van der Waals surface area contributed by atoms with E-state index in [1.54, 1.807) is 10.3 Å². The second kappa shape index (κ2) is 6.94. The van der Waals surface area contributed by atoms with Crippen molar-refractivity contribution in [2.45, 2.75) is 28.8 Å². The number of aromatic nitrogens is 2. The number of ether oxygens (including phenoxy) is 2. The summed E-state index contributed by atoms with van der Waals surface area (Å²) in [6.07, 6.45) is 1.59. The van der Waals surface area contributed by atoms with E-state index in [0.29, 0.717) is 54.9 Å². The number of carbonyl (C=O) groups is 1. The van der Waals surface area contributed by atoms with Gasteiger partial charge < -0.3 is 14.4 Å². The Balaban J connectivity index is 1.66. The highest BCUT2D eigenvalue weighted by atomic mass is 32.2. The number of rotatable bonds is 2. The first kappa shape index (κ1) is 18.3. The van der Waals surface area contributed by atoms with Crippen molar-refractivity contribution in [2.75, 3.05) is 39.5 Å². The highest BCUT2D eigenvalue weighted by molar-refractivity contribution is 7.93. The van der Waals surface area contributed by atoms with E-state index in [1.807, 2.05) is 10.7 Å². The highest BCUT2D eigenvalue weighted by Gasteiger charge is 2.39. The van der Waals surface area contributed by atoms with Crippen molar-refractivity contribution in [3.05, 3.63) is 22.7 Å². The van der Waals surface area contributed by atoms with Crippen LogP contribution in [0.5, 0.6) is 0 Å². The number of sulfone groups is 1. The lowest BCUT2D eigenvalue weighted by atomic mass is 10.1. The first-order chi connectivity index (χ1) is 13.6. The van der Waals surface area contributed by atoms with Crippen LogP contribution in [0.25, 0.3) is 11.3 Å². The van der Waals surface area contributed by atoms with Gasteiger partial charge in [0.05, 0.1) is 30.7 Å². The molecule has 0 radical (unpaired) electrons. The Hall–Kier alpha value is -1.75. The molecule has 150 valence electrons. The van der Waals surface area contributed by atoms with Crippen molar-refractivity contribution in [1.82, 2.24) is 14.7 Å². The number of nitrogens with zero attached hydrogens (tertiary/aromatic N) is 3. The second-order valence-electron chi connectivity index (χ2n) is 7.25. The fourth-order valence-electron chi connectivity index (χ4n) is 4.14. The van der Waals surface area contributed by atoms with Crippen LogP contribution in [0.2, 0.25) is 0 Å². The largest absolute Gasteiger partial charge is 0.381 e. The minimum Gasteiger partial charge on any atom is -0.381 e. The van der Waals surface area contributed by atoms with Crippen molar-refractivity contribution in [3.63, 3.8) is 0 Å². The number of fused-ring (bicyclic) bond motifs is 3. The molecule has 2 saturated heterocycles. The van der Waals surface area contributed by atoms with E-state index in [4.69, 9.17) is 14.6 Å². The van der Waals surface area contributed by atoms with Crippen LogP contribution in [0, 0.1) is 0 Å². The lowest BCUT2D eigenvalue weighted by Gasteiger charge is -2.26. The van der Waals surface area contributed by atoms with Gasteiger partial charge in [0, 0.05) is 37.4 Å². The quantitative estimate of drug-likeness (QED) is 0.731. The minimum atomic E-state index is -3.47. The Morgan fingerprint density at radius 1 is 1.14 bits per heavy atom. The molecule has 10 heteroatoms. The normalized spacial score (nSPS) is 21.9. The summed E-state index contributed by atoms with van der Waals surface area (Å²) >= 11 is 1.23. The van der Waals surface area contributed by atoms with Gasteiger partial charge >= 0.3 is 0 Å². The first-order valence-electron chi connectivity index (χ1n) is 9.43. The molecule has 3 aliphatic rings. The number of amides is 1. The molecule has 0 aliphatic carbocycles. The molecule has 0 atom stereocenters. The van der Waals surface area contributed by atoms with E-state index < -0.39 is 9.84 Å². The fraction of sp³-hybridized carbons (Fsp3) is 0.556. The molecule has 0 unspecified atom stereocenters. The Morgan fingerprint density at radius 3 is 2.61 bits per heavy atom. The fourth-order valence-corrected chi connectivity index (χ4v) is 6.97. The summed E-state index contributed by atoms with van der Waals surface area (Å²) in [5.74, 6) is -0.385. The van der Waals surface area contributed by atoms with Gasteiger partial charge in [-0.05, 0) is 24.3 Å². The summed E-state index contributed by atoms with van der Waals surface area (Å²) in [6, 6.07) is 1.93. The van der Waals surface area contributed by atoms with Gasteiger partial charge in [-0.3, -0.25) is 9.48 Å². The zero-order chi connectivity index (χ0) is 19.3. The average molecular weight is 424 g/mol. The molecule has 3 aliphatic heterocycles. The van der Waals surface area contributed by atoms with Gasteiger partial charge in [-0.1, -0.05) is 0 Å². The predicted octanol–water partition coefficient (Wildman–Crippen LogP) is 1.72. The van der Waals surface area contributed by atoms with Crippen molar-refractivity contribution >= 4 is 27.1 Å². The van der Waals surface area contributed by atoms with Crippen LogP contribution in [-0.2, 0) is 25.1 Å². The summed E-state index contributed by atoms with van der Waals surface area (Å²) in [7, 11) is -3.47. The average Bonchev–Trinajstić information content (AvgIpc) is 3.34. The maximum absolute atomic E-state index is 13.2. The Bertz CT molecular complexity index is 1010. The Morgan fingerprint density at radius 2 is 1.86 bits per heavy atom. The van der Waals surface area contributed by atoms with Crippen LogP contribution in [0.15, 0.2) is 15.7 Å². The second-order valence-corrected chi connectivity index (χ2v) is 10.4. The van der Waals surface area contributed by atoms with E-state index in [2.05, 4.69) is 0 Å². The van der Waals surface area contributed by atoms with Crippen molar-refractivity contribution in [1.29, 1.82) is 0 Å². The van der Waals surface area contributed by atoms with Gasteiger partial charge in [-0.25, -0.2) is 8.42 Å². The van der Waals surface area contributed by atoms with E-state index >= 15 is 0 Å². The van der Waals surface area contributed by atoms with E-state index in [-0.39, 0.29) is 23.4 Å². The highest BCUT2D eigenvalue weighted by Crippen LogP contribution is 2.44. The molecule has 0 bridgehead atoms. The van der Waals surface area contributed by atoms with Crippen molar-refractivity contribution < 1.29 is 22.7 Å². The molecule has 5 rings (SSSR count). The van der Waals surface area contributed by atoms with E-state index in [1.165, 1.54) is 11.3 Å². The molecule has 5 heterocycles. The number of morpholine rings is 1. The molecule has 1 amide bonds. The molecular weight excluding hydrogens is 402 g/mol. The predicted molar refractivity (Wildman–Crippen MR) is 102 cm³/mol. The van der Waals surface area contributed by atoms with Gasteiger partial charge in [0.15, 0.2) is 15.5 Å². The molecule has 0 spiro atoms. The lowest BCUT2D eigenvalue weighted by molar-refractivity contribution is 0.0296. The monoisotopic (exact) mass is 423 g/mol. The summed E-state index contributed by atoms with van der Waals surface area (Å²) in [5, 5.41) is 6.50. The SMILES string of the molecule is O=C(c1nn(C2CCOCC2)c2c1CS(=O)(=O)c1sccc1-2)N1CCOCC1. The van der Waals surface area contributed by atoms with Crippen LogP contribution in [0.4, 0.5) is 0 Å². The third kappa shape index (κ3) is 2.90. The van der Waals surface area contributed by atoms with Crippen LogP contribution >= 0.6 is 11.3 Å². The van der Waals surface area contributed by atoms with E-state index in [0.717, 1.165) is 18.5 Å². The van der Waals surface area contributed by atoms with Crippen LogP contribution in [0.1, 0.15) is 34.9 Å². The molecule has 28 heavy (non-hydrogen) atoms. The van der Waals surface area contributed by atoms with Gasteiger partial charge in [0.25, 0.3) is 5.91 Å². The molecule has 2 aromatic heterocycles. The van der Waals surface area contributed by atoms with Crippen molar-refractivity contribution in [3.8, 4) is 11.3 Å². The van der Waals surface area contributed by atoms with Gasteiger partial charge in [0.2, 0.25) is 0 Å². The maximum atomic E-state index is 13.2. The number of hydrogen-bond donors (Lipinski definition) is 0. The van der Waals surface area contributed by atoms with Gasteiger partial charge in [0.1, 0.15) is 4.21 Å². The smallest absolute Gasteiger partial charge is 0.274 e. The van der Waals surface area contributed by atoms with Gasteiger partial charge in [-0.15, -0.1) is 11.3 Å². The van der Waals surface area contributed by atoms with Gasteiger partial charge in [-0.2, -0.15) is 5.10 Å². The van der Waals surface area contributed by atoms with Crippen molar-refractivity contribution in [2.24, 2.45) is 0 Å². The molecule has 2 aromatic rings. The third-order valence-electron chi connectivity index (χ3n) is 5.55. The lowest BCUT2D eigenvalue weighted by Crippen LogP contribution is -2.41. The number of hydrogen-bond acceptors (Lipinski definition) is 7. The van der Waals surface area contributed by atoms with E-state index in [9.17, 15) is 13.2 Å². The number of thiophene rings is 1. The zero-order valence-corrected chi connectivity index (χ0v) is 16.9. The Kier molecular flexibility index (Phi) is 4.53. The summed E-state index contributed by atoms with van der Waals surface area (Å²) in [6.45, 7) is 3.24. The standard InChI is InChI=1S/C18H21N3O5S2/c22-17(20-4-8-26-9-5-20)15-14-11-28(23,24)18-13(3-10-27-18)16(14)21(19-15)12-1-6-25-7-2-12/h3,10,12H,1-2,4-9,11H2. The molecule has 8 nitrogen and oxygen atoms in total. The topological polar surface area (TPSA) is 90.7 Å². The minimum absolute atomic E-state index is 0.0993. The number of carbonyl (C=O) groups excluding carboxylic acids is 1.